The van der Waals surface area contributed by atoms with E-state index in [1.807, 2.05) is 19.4 Å². The van der Waals surface area contributed by atoms with Crippen LogP contribution >= 0.6 is 0 Å². The number of benzene rings is 1. The van der Waals surface area contributed by atoms with E-state index < -0.39 is 0 Å². The van der Waals surface area contributed by atoms with Crippen molar-refractivity contribution in [3.05, 3.63) is 53.6 Å². The molecule has 18 heavy (non-hydrogen) atoms. The molecule has 1 heterocycles. The van der Waals surface area contributed by atoms with Crippen molar-refractivity contribution in [2.24, 2.45) is 7.05 Å². The molecular weight excluding hydrogens is 222 g/mol. The SMILES string of the molecule is CCNC(Cc1ccc(C)cc1)c1nccn1C. The lowest BCUT2D eigenvalue weighted by molar-refractivity contribution is 0.506. The maximum Gasteiger partial charge on any atom is 0.125 e. The molecule has 96 valence electrons. The summed E-state index contributed by atoms with van der Waals surface area (Å²) >= 11 is 0. The number of rotatable bonds is 5. The van der Waals surface area contributed by atoms with Crippen LogP contribution in [0.4, 0.5) is 0 Å². The summed E-state index contributed by atoms with van der Waals surface area (Å²) in [5, 5.41) is 3.51. The highest BCUT2D eigenvalue weighted by Crippen LogP contribution is 2.16. The first-order valence-electron chi connectivity index (χ1n) is 6.47. The zero-order chi connectivity index (χ0) is 13.0. The summed E-state index contributed by atoms with van der Waals surface area (Å²) in [7, 11) is 2.04. The van der Waals surface area contributed by atoms with Gasteiger partial charge in [-0.3, -0.25) is 0 Å². The molecule has 0 radical (unpaired) electrons. The number of nitrogens with zero attached hydrogens (tertiary/aromatic N) is 2. The van der Waals surface area contributed by atoms with Gasteiger partial charge in [0.25, 0.3) is 0 Å². The van der Waals surface area contributed by atoms with Crippen LogP contribution in [0.25, 0.3) is 0 Å². The van der Waals surface area contributed by atoms with E-state index >= 15 is 0 Å². The standard InChI is InChI=1S/C15H21N3/c1-4-16-14(15-17-9-10-18(15)3)11-13-7-5-12(2)6-8-13/h5-10,14,16H,4,11H2,1-3H3. The first-order chi connectivity index (χ1) is 8.70. The van der Waals surface area contributed by atoms with E-state index in [-0.39, 0.29) is 6.04 Å². The Bertz CT molecular complexity index is 485. The van der Waals surface area contributed by atoms with E-state index in [0.29, 0.717) is 0 Å². The largest absolute Gasteiger partial charge is 0.337 e. The van der Waals surface area contributed by atoms with Crippen molar-refractivity contribution in [1.29, 1.82) is 0 Å². The van der Waals surface area contributed by atoms with Crippen LogP contribution in [0, 0.1) is 6.92 Å². The van der Waals surface area contributed by atoms with Crippen LogP contribution in [0.5, 0.6) is 0 Å². The maximum atomic E-state index is 4.45. The summed E-state index contributed by atoms with van der Waals surface area (Å²) < 4.78 is 2.08. The van der Waals surface area contributed by atoms with Crippen LogP contribution in [-0.4, -0.2) is 16.1 Å². The molecule has 1 aromatic heterocycles. The van der Waals surface area contributed by atoms with E-state index in [9.17, 15) is 0 Å². The van der Waals surface area contributed by atoms with E-state index in [1.165, 1.54) is 11.1 Å². The Hall–Kier alpha value is -1.61. The Morgan fingerprint density at radius 1 is 1.28 bits per heavy atom. The van der Waals surface area contributed by atoms with Crippen LogP contribution < -0.4 is 5.32 Å². The van der Waals surface area contributed by atoms with Crippen LogP contribution in [0.1, 0.15) is 29.9 Å². The van der Waals surface area contributed by atoms with Gasteiger partial charge in [-0.1, -0.05) is 36.8 Å². The van der Waals surface area contributed by atoms with Gasteiger partial charge in [0.15, 0.2) is 0 Å². The van der Waals surface area contributed by atoms with Crippen molar-refractivity contribution in [2.45, 2.75) is 26.3 Å². The fourth-order valence-corrected chi connectivity index (χ4v) is 2.17. The molecule has 0 saturated heterocycles. The van der Waals surface area contributed by atoms with Gasteiger partial charge in [0, 0.05) is 19.4 Å². The molecule has 1 atom stereocenters. The lowest BCUT2D eigenvalue weighted by atomic mass is 10.0. The third-order valence-electron chi connectivity index (χ3n) is 3.18. The number of hydrogen-bond acceptors (Lipinski definition) is 2. The van der Waals surface area contributed by atoms with Gasteiger partial charge in [0.05, 0.1) is 6.04 Å². The molecule has 0 bridgehead atoms. The van der Waals surface area contributed by atoms with E-state index in [4.69, 9.17) is 0 Å². The molecule has 0 aliphatic rings. The third kappa shape index (κ3) is 2.99. The predicted molar refractivity (Wildman–Crippen MR) is 74.5 cm³/mol. The minimum Gasteiger partial charge on any atom is -0.337 e. The summed E-state index contributed by atoms with van der Waals surface area (Å²) in [5.41, 5.74) is 2.64. The molecule has 3 heteroatoms. The maximum absolute atomic E-state index is 4.45. The Morgan fingerprint density at radius 3 is 2.56 bits per heavy atom. The van der Waals surface area contributed by atoms with Gasteiger partial charge in [-0.2, -0.15) is 0 Å². The van der Waals surface area contributed by atoms with Gasteiger partial charge in [0.2, 0.25) is 0 Å². The van der Waals surface area contributed by atoms with E-state index in [1.54, 1.807) is 0 Å². The van der Waals surface area contributed by atoms with Crippen molar-refractivity contribution < 1.29 is 0 Å². The highest BCUT2D eigenvalue weighted by Gasteiger charge is 2.15. The number of hydrogen-bond donors (Lipinski definition) is 1. The fourth-order valence-electron chi connectivity index (χ4n) is 2.17. The molecule has 2 rings (SSSR count). The lowest BCUT2D eigenvalue weighted by Gasteiger charge is -2.17. The van der Waals surface area contributed by atoms with E-state index in [2.05, 4.69) is 53.0 Å². The highest BCUT2D eigenvalue weighted by atomic mass is 15.1. The molecular formula is C15H21N3. The van der Waals surface area contributed by atoms with Crippen molar-refractivity contribution in [3.8, 4) is 0 Å². The van der Waals surface area contributed by atoms with Gasteiger partial charge in [-0.05, 0) is 25.5 Å². The quantitative estimate of drug-likeness (QED) is 0.875. The minimum absolute atomic E-state index is 0.276. The first kappa shape index (κ1) is 12.8. The number of likely N-dealkylation sites (N-methyl/N-ethyl adjacent to an activating group) is 1. The molecule has 3 nitrogen and oxygen atoms in total. The number of aromatic nitrogens is 2. The topological polar surface area (TPSA) is 29.9 Å². The fraction of sp³-hybridized carbons (Fsp3) is 0.400. The zero-order valence-electron chi connectivity index (χ0n) is 11.4. The Labute approximate surface area is 109 Å². The Morgan fingerprint density at radius 2 is 2.00 bits per heavy atom. The average molecular weight is 243 g/mol. The monoisotopic (exact) mass is 243 g/mol. The van der Waals surface area contributed by atoms with Crippen molar-refractivity contribution in [1.82, 2.24) is 14.9 Å². The third-order valence-corrected chi connectivity index (χ3v) is 3.18. The molecule has 0 aliphatic carbocycles. The van der Waals surface area contributed by atoms with Gasteiger partial charge in [-0.25, -0.2) is 4.98 Å². The van der Waals surface area contributed by atoms with Crippen LogP contribution in [0.3, 0.4) is 0 Å². The molecule has 1 aromatic carbocycles. The number of imidazole rings is 1. The summed E-state index contributed by atoms with van der Waals surface area (Å²) in [6.07, 6.45) is 4.82. The van der Waals surface area contributed by atoms with Crippen LogP contribution in [0.15, 0.2) is 36.7 Å². The van der Waals surface area contributed by atoms with Gasteiger partial charge >= 0.3 is 0 Å². The number of nitrogens with one attached hydrogen (secondary N) is 1. The molecule has 2 aromatic rings. The summed E-state index contributed by atoms with van der Waals surface area (Å²) in [6.45, 7) is 5.19. The normalized spacial score (nSPS) is 12.6. The van der Waals surface area contributed by atoms with Gasteiger partial charge in [-0.15, -0.1) is 0 Å². The number of aryl methyl sites for hydroxylation is 2. The molecule has 1 N–H and O–H groups in total. The van der Waals surface area contributed by atoms with Crippen molar-refractivity contribution in [2.75, 3.05) is 6.54 Å². The highest BCUT2D eigenvalue weighted by molar-refractivity contribution is 5.23. The second kappa shape index (κ2) is 5.83. The average Bonchev–Trinajstić information content (AvgIpc) is 2.78. The molecule has 0 aliphatic heterocycles. The molecule has 0 spiro atoms. The predicted octanol–water partition coefficient (Wildman–Crippen LogP) is 2.62. The van der Waals surface area contributed by atoms with Crippen molar-refractivity contribution in [3.63, 3.8) is 0 Å². The summed E-state index contributed by atoms with van der Waals surface area (Å²) in [5.74, 6) is 1.09. The lowest BCUT2D eigenvalue weighted by Crippen LogP contribution is -2.25. The van der Waals surface area contributed by atoms with Crippen LogP contribution in [0.2, 0.25) is 0 Å². The second-order valence-corrected chi connectivity index (χ2v) is 4.70. The van der Waals surface area contributed by atoms with Gasteiger partial charge < -0.3 is 9.88 Å². The molecule has 1 unspecified atom stereocenters. The molecule has 0 saturated carbocycles. The van der Waals surface area contributed by atoms with Crippen LogP contribution in [-0.2, 0) is 13.5 Å². The first-order valence-corrected chi connectivity index (χ1v) is 6.47. The Balaban J connectivity index is 2.16. The smallest absolute Gasteiger partial charge is 0.125 e. The molecule has 0 fully saturated rings. The molecule has 0 amide bonds. The zero-order valence-corrected chi connectivity index (χ0v) is 11.4. The Kier molecular flexibility index (Phi) is 4.15. The second-order valence-electron chi connectivity index (χ2n) is 4.70. The summed E-state index contributed by atoms with van der Waals surface area (Å²) in [4.78, 5) is 4.45. The summed E-state index contributed by atoms with van der Waals surface area (Å²) in [6, 6.07) is 9.00. The van der Waals surface area contributed by atoms with E-state index in [0.717, 1.165) is 18.8 Å². The minimum atomic E-state index is 0.276. The van der Waals surface area contributed by atoms with Gasteiger partial charge in [0.1, 0.15) is 5.82 Å². The van der Waals surface area contributed by atoms with Crippen molar-refractivity contribution >= 4 is 0 Å².